The maximum absolute atomic E-state index is 13.3. The number of ketones is 1. The Labute approximate surface area is 187 Å². The molecule has 0 saturated carbocycles. The molecule has 4 rings (SSSR count). The van der Waals surface area contributed by atoms with E-state index in [2.05, 4.69) is 5.32 Å². The second-order valence-electron chi connectivity index (χ2n) is 7.95. The smallest absolute Gasteiger partial charge is 0.225 e. The molecule has 1 heterocycles. The topological polar surface area (TPSA) is 83.1 Å². The van der Waals surface area contributed by atoms with Gasteiger partial charge in [0.1, 0.15) is 0 Å². The molecule has 168 valence electrons. The molecule has 1 aliphatic heterocycles. The zero-order valence-electron chi connectivity index (χ0n) is 18.7. The minimum absolute atomic E-state index is 0.0471. The van der Waals surface area contributed by atoms with Crippen LogP contribution in [-0.2, 0) is 9.59 Å². The third-order valence-corrected chi connectivity index (χ3v) is 6.23. The first-order chi connectivity index (χ1) is 15.5. The van der Waals surface area contributed by atoms with Gasteiger partial charge in [-0.3, -0.25) is 9.59 Å². The summed E-state index contributed by atoms with van der Waals surface area (Å²) in [7, 11) is 6.32. The van der Waals surface area contributed by atoms with Crippen LogP contribution in [0.5, 0.6) is 23.0 Å². The third-order valence-electron chi connectivity index (χ3n) is 6.23. The molecule has 0 fully saturated rings. The van der Waals surface area contributed by atoms with Gasteiger partial charge >= 0.3 is 0 Å². The summed E-state index contributed by atoms with van der Waals surface area (Å²) in [5, 5.41) is 2.96. The number of methoxy groups -OCH3 is 4. The van der Waals surface area contributed by atoms with E-state index in [4.69, 9.17) is 18.9 Å². The lowest BCUT2D eigenvalue weighted by Gasteiger charge is -2.34. The van der Waals surface area contributed by atoms with Crippen molar-refractivity contribution in [1.29, 1.82) is 0 Å². The van der Waals surface area contributed by atoms with Gasteiger partial charge in [0.05, 0.1) is 28.4 Å². The summed E-state index contributed by atoms with van der Waals surface area (Å²) in [6.07, 6.45) is 1.17. The first kappa shape index (κ1) is 21.7. The van der Waals surface area contributed by atoms with Crippen molar-refractivity contribution in [2.24, 2.45) is 0 Å². The van der Waals surface area contributed by atoms with Gasteiger partial charge in [0.15, 0.2) is 28.8 Å². The lowest BCUT2D eigenvalue weighted by atomic mass is 9.73. The van der Waals surface area contributed by atoms with Gasteiger partial charge in [-0.15, -0.1) is 0 Å². The lowest BCUT2D eigenvalue weighted by Crippen LogP contribution is -2.38. The van der Waals surface area contributed by atoms with Crippen LogP contribution in [0.4, 0.5) is 0 Å². The van der Waals surface area contributed by atoms with Crippen LogP contribution in [0, 0.1) is 0 Å². The van der Waals surface area contributed by atoms with Crippen molar-refractivity contribution in [2.75, 3.05) is 28.4 Å². The molecule has 7 nitrogen and oxygen atoms in total. The Balaban J connectivity index is 1.69. The fourth-order valence-corrected chi connectivity index (χ4v) is 4.66. The summed E-state index contributed by atoms with van der Waals surface area (Å²) in [6, 6.07) is 11.2. The highest BCUT2D eigenvalue weighted by Crippen LogP contribution is 2.45. The van der Waals surface area contributed by atoms with Crippen LogP contribution >= 0.6 is 0 Å². The second-order valence-corrected chi connectivity index (χ2v) is 7.95. The first-order valence-corrected chi connectivity index (χ1v) is 10.5. The van der Waals surface area contributed by atoms with E-state index in [0.717, 1.165) is 11.1 Å². The third kappa shape index (κ3) is 3.90. The van der Waals surface area contributed by atoms with E-state index in [9.17, 15) is 9.59 Å². The standard InChI is InChI=1S/C25H27NO6/c1-29-20-7-5-14(11-22(20)31-3)16-9-18-25(19(27)10-16)17(13-24(28)26-18)15-6-8-21(30-2)23(12-15)32-4/h5-8,11-12,16-17H,9-10,13H2,1-4H3,(H,26,28). The number of ether oxygens (including phenoxy) is 4. The summed E-state index contributed by atoms with van der Waals surface area (Å²) in [5.74, 6) is 2.03. The largest absolute Gasteiger partial charge is 0.493 e. The molecule has 0 spiro atoms. The number of Topliss-reactive ketones (excluding diaryl/α,β-unsaturated/α-hetero) is 1. The van der Waals surface area contributed by atoms with E-state index in [-0.39, 0.29) is 29.9 Å². The van der Waals surface area contributed by atoms with Crippen molar-refractivity contribution < 1.29 is 28.5 Å². The molecule has 2 atom stereocenters. The molecule has 2 aromatic rings. The van der Waals surface area contributed by atoms with E-state index < -0.39 is 0 Å². The molecule has 0 aromatic heterocycles. The van der Waals surface area contributed by atoms with Gasteiger partial charge in [0.2, 0.25) is 5.91 Å². The Morgan fingerprint density at radius 3 is 1.88 bits per heavy atom. The predicted octanol–water partition coefficient (Wildman–Crippen LogP) is 3.73. The number of allylic oxidation sites excluding steroid dienone is 2. The summed E-state index contributed by atoms with van der Waals surface area (Å²) >= 11 is 0. The van der Waals surface area contributed by atoms with Gasteiger partial charge in [0, 0.05) is 30.0 Å². The van der Waals surface area contributed by atoms with E-state index >= 15 is 0 Å². The molecule has 1 N–H and O–H groups in total. The monoisotopic (exact) mass is 437 g/mol. The minimum Gasteiger partial charge on any atom is -0.493 e. The Kier molecular flexibility index (Phi) is 6.08. The SMILES string of the molecule is COc1ccc(C2CC(=O)C3=C(C2)NC(=O)CC3c2ccc(OC)c(OC)c2)cc1OC. The van der Waals surface area contributed by atoms with Gasteiger partial charge < -0.3 is 24.3 Å². The number of hydrogen-bond acceptors (Lipinski definition) is 6. The Bertz CT molecular complexity index is 1090. The number of carbonyl (C=O) groups excluding carboxylic acids is 2. The molecular formula is C25H27NO6. The fraction of sp³-hybridized carbons (Fsp3) is 0.360. The summed E-state index contributed by atoms with van der Waals surface area (Å²) in [6.45, 7) is 0. The molecule has 32 heavy (non-hydrogen) atoms. The number of rotatable bonds is 6. The zero-order chi connectivity index (χ0) is 22.8. The number of hydrogen-bond donors (Lipinski definition) is 1. The van der Waals surface area contributed by atoms with Crippen LogP contribution in [0.25, 0.3) is 0 Å². The Morgan fingerprint density at radius 2 is 1.28 bits per heavy atom. The van der Waals surface area contributed by atoms with Gasteiger partial charge in [-0.1, -0.05) is 12.1 Å². The summed E-state index contributed by atoms with van der Waals surface area (Å²) in [4.78, 5) is 25.9. The summed E-state index contributed by atoms with van der Waals surface area (Å²) in [5.41, 5.74) is 3.23. The van der Waals surface area contributed by atoms with Crippen LogP contribution in [0.1, 0.15) is 42.2 Å². The molecule has 0 radical (unpaired) electrons. The predicted molar refractivity (Wildman–Crippen MR) is 119 cm³/mol. The highest BCUT2D eigenvalue weighted by Gasteiger charge is 2.38. The van der Waals surface area contributed by atoms with E-state index in [1.54, 1.807) is 34.5 Å². The van der Waals surface area contributed by atoms with E-state index in [1.807, 2.05) is 30.3 Å². The molecule has 2 unspecified atom stereocenters. The molecule has 1 aliphatic carbocycles. The average Bonchev–Trinajstić information content (AvgIpc) is 2.82. The molecule has 0 bridgehead atoms. The fourth-order valence-electron chi connectivity index (χ4n) is 4.66. The van der Waals surface area contributed by atoms with Crippen molar-refractivity contribution in [3.63, 3.8) is 0 Å². The maximum atomic E-state index is 13.3. The van der Waals surface area contributed by atoms with Crippen molar-refractivity contribution in [1.82, 2.24) is 5.32 Å². The number of benzene rings is 2. The number of amides is 1. The van der Waals surface area contributed by atoms with E-state index in [0.29, 0.717) is 47.1 Å². The second kappa shape index (κ2) is 8.94. The molecule has 1 amide bonds. The van der Waals surface area contributed by atoms with E-state index in [1.165, 1.54) is 0 Å². The quantitative estimate of drug-likeness (QED) is 0.742. The van der Waals surface area contributed by atoms with Crippen LogP contribution in [0.3, 0.4) is 0 Å². The van der Waals surface area contributed by atoms with Crippen molar-refractivity contribution in [3.05, 3.63) is 58.8 Å². The van der Waals surface area contributed by atoms with Gasteiger partial charge in [-0.05, 0) is 47.7 Å². The molecule has 2 aliphatic rings. The average molecular weight is 437 g/mol. The Hall–Kier alpha value is -3.48. The van der Waals surface area contributed by atoms with Crippen LogP contribution < -0.4 is 24.3 Å². The van der Waals surface area contributed by atoms with Gasteiger partial charge in [-0.2, -0.15) is 0 Å². The highest BCUT2D eigenvalue weighted by molar-refractivity contribution is 6.02. The van der Waals surface area contributed by atoms with Gasteiger partial charge in [0.25, 0.3) is 0 Å². The molecule has 0 saturated heterocycles. The molecular weight excluding hydrogens is 410 g/mol. The van der Waals surface area contributed by atoms with Crippen LogP contribution in [0.2, 0.25) is 0 Å². The summed E-state index contributed by atoms with van der Waals surface area (Å²) < 4.78 is 21.5. The van der Waals surface area contributed by atoms with Crippen LogP contribution in [-0.4, -0.2) is 40.1 Å². The first-order valence-electron chi connectivity index (χ1n) is 10.5. The minimum atomic E-state index is -0.308. The Morgan fingerprint density at radius 1 is 0.719 bits per heavy atom. The van der Waals surface area contributed by atoms with Gasteiger partial charge in [-0.25, -0.2) is 0 Å². The molecule has 7 heteroatoms. The molecule has 2 aromatic carbocycles. The number of nitrogens with one attached hydrogen (secondary N) is 1. The highest BCUT2D eigenvalue weighted by atomic mass is 16.5. The lowest BCUT2D eigenvalue weighted by molar-refractivity contribution is -0.122. The zero-order valence-corrected chi connectivity index (χ0v) is 18.7. The van der Waals surface area contributed by atoms with Crippen molar-refractivity contribution >= 4 is 11.7 Å². The number of carbonyl (C=O) groups is 2. The van der Waals surface area contributed by atoms with Crippen molar-refractivity contribution in [2.45, 2.75) is 31.1 Å². The normalized spacial score (nSPS) is 20.4. The van der Waals surface area contributed by atoms with Crippen molar-refractivity contribution in [3.8, 4) is 23.0 Å². The maximum Gasteiger partial charge on any atom is 0.225 e. The van der Waals surface area contributed by atoms with Crippen LogP contribution in [0.15, 0.2) is 47.7 Å².